The maximum absolute atomic E-state index is 13.8. The van der Waals surface area contributed by atoms with Crippen molar-refractivity contribution < 1.29 is 49.4 Å². The van der Waals surface area contributed by atoms with Crippen molar-refractivity contribution in [3.8, 4) is 22.5 Å². The number of rotatable bonds is 10. The fourth-order valence-corrected chi connectivity index (χ4v) is 18.6. The molecule has 4 fully saturated rings. The molecule has 412 valence electrons. The lowest BCUT2D eigenvalue weighted by Crippen LogP contribution is -2.63. The van der Waals surface area contributed by atoms with Crippen LogP contribution in [0.5, 0.6) is 0 Å². The van der Waals surface area contributed by atoms with Crippen molar-refractivity contribution in [2.24, 2.45) is 69.0 Å². The molecule has 2 aromatic heterocycles. The minimum Gasteiger partial charge on any atom is -0.458 e. The predicted molar refractivity (Wildman–Crippen MR) is 293 cm³/mol. The van der Waals surface area contributed by atoms with Crippen LogP contribution in [-0.4, -0.2) is 106 Å². The van der Waals surface area contributed by atoms with Gasteiger partial charge in [-0.05, 0) is 165 Å². The van der Waals surface area contributed by atoms with Crippen LogP contribution in [0.25, 0.3) is 34.7 Å². The number of ketones is 2. The average molecular weight is 1060 g/mol. The van der Waals surface area contributed by atoms with Gasteiger partial charge in [0.25, 0.3) is 0 Å². The van der Waals surface area contributed by atoms with E-state index in [0.29, 0.717) is 25.7 Å². The molecule has 4 aromatic rings. The molecule has 14 heteroatoms. The minimum absolute atomic E-state index is 0.0484. The van der Waals surface area contributed by atoms with Gasteiger partial charge in [0.05, 0.1) is 47.4 Å². The first-order chi connectivity index (χ1) is 36.8. The molecule has 0 aliphatic heterocycles. The number of fused-ring (bicyclic) bond motifs is 12. The lowest BCUT2D eigenvalue weighted by Gasteiger charge is -2.59. The number of carbonyl (C=O) groups is 3. The Bertz CT molecular complexity index is 3330. The molecule has 17 unspecified atom stereocenters. The van der Waals surface area contributed by atoms with E-state index in [9.17, 15) is 39.9 Å². The summed E-state index contributed by atoms with van der Waals surface area (Å²) in [6, 6.07) is 16.8. The number of allylic oxidation sites excluding steroid dienone is 6. The van der Waals surface area contributed by atoms with Gasteiger partial charge < -0.3 is 35.0 Å². The Kier molecular flexibility index (Phi) is 12.2. The summed E-state index contributed by atoms with van der Waals surface area (Å²) in [5.41, 5.74) is 6.53. The Morgan fingerprint density at radius 1 is 0.692 bits per heavy atom. The zero-order valence-corrected chi connectivity index (χ0v) is 46.7. The average Bonchev–Trinajstić information content (AvgIpc) is 3.00. The highest BCUT2D eigenvalue weighted by atomic mass is 16.6. The van der Waals surface area contributed by atoms with Gasteiger partial charge in [0.2, 0.25) is 5.78 Å². The van der Waals surface area contributed by atoms with E-state index < -0.39 is 82.1 Å². The van der Waals surface area contributed by atoms with Crippen LogP contribution in [-0.2, 0) is 36.7 Å². The zero-order chi connectivity index (χ0) is 55.6. The third-order valence-corrected chi connectivity index (χ3v) is 22.0. The van der Waals surface area contributed by atoms with Gasteiger partial charge in [0.1, 0.15) is 17.8 Å². The lowest BCUT2D eigenvalue weighted by molar-refractivity contribution is -0.186. The van der Waals surface area contributed by atoms with Crippen LogP contribution < -0.4 is 0 Å². The van der Waals surface area contributed by atoms with E-state index in [1.807, 2.05) is 49.5 Å². The number of Topliss-reactive ketones (excluding diaryl/α,β-unsaturated/α-hetero) is 2. The molecule has 5 N–H and O–H groups in total. The molecule has 8 aliphatic rings. The second-order valence-electron chi connectivity index (χ2n) is 26.2. The van der Waals surface area contributed by atoms with E-state index in [2.05, 4.69) is 101 Å². The van der Waals surface area contributed by atoms with Crippen LogP contribution in [0, 0.1) is 69.0 Å². The van der Waals surface area contributed by atoms with E-state index in [1.165, 1.54) is 19.4 Å². The fourth-order valence-electron chi connectivity index (χ4n) is 18.6. The molecule has 0 radical (unpaired) electrons. The summed E-state index contributed by atoms with van der Waals surface area (Å²) in [6.45, 7) is 18.4. The largest absolute Gasteiger partial charge is 0.458 e. The topological polar surface area (TPSA) is 206 Å². The van der Waals surface area contributed by atoms with Crippen LogP contribution in [0.15, 0.2) is 95.4 Å². The number of hydrogen-bond donors (Lipinski definition) is 5. The van der Waals surface area contributed by atoms with Gasteiger partial charge in [-0.15, -0.1) is 0 Å². The van der Waals surface area contributed by atoms with Crippen molar-refractivity contribution in [3.05, 3.63) is 118 Å². The molecule has 0 amide bonds. The molecule has 14 nitrogen and oxygen atoms in total. The van der Waals surface area contributed by atoms with Crippen LogP contribution in [0.3, 0.4) is 0 Å². The second-order valence-corrected chi connectivity index (χ2v) is 26.2. The smallest absolute Gasteiger partial charge is 0.303 e. The molecule has 12 rings (SSSR count). The number of hydrogen-bond acceptors (Lipinski definition) is 12. The number of benzene rings is 2. The maximum atomic E-state index is 13.8. The zero-order valence-electron chi connectivity index (χ0n) is 46.7. The molecular formula is C64H76N4O10. The Morgan fingerprint density at radius 3 is 1.53 bits per heavy atom. The highest BCUT2D eigenvalue weighted by Gasteiger charge is 2.72. The van der Waals surface area contributed by atoms with E-state index in [1.54, 1.807) is 0 Å². The quantitative estimate of drug-likeness (QED) is 0.0751. The first-order valence-corrected chi connectivity index (χ1v) is 28.3. The second kappa shape index (κ2) is 17.9. The number of aliphatic hydroxyl groups excluding tert-OH is 3. The van der Waals surface area contributed by atoms with Crippen molar-refractivity contribution in [1.82, 2.24) is 19.6 Å². The Morgan fingerprint density at radius 2 is 1.12 bits per heavy atom. The van der Waals surface area contributed by atoms with Crippen molar-refractivity contribution in [1.29, 1.82) is 0 Å². The molecule has 17 atom stereocenters. The SMILES string of the molecule is CC(=O)OCC(=O)C1(O)C(C)CC2C3C=C(C)C4=Cc5c(cnn5-c5cccc(-c6cccc(-n7ncc8c7C=C7C(C)=CC9C(C(O)CC%10(C)C9CC(C)C%10(O)C(=O)COC(C)O)C7(C)C8)c6)c5)CC4(C)C3C(O)CC21C. The molecule has 8 aliphatic carbocycles. The third-order valence-electron chi connectivity index (χ3n) is 22.0. The van der Waals surface area contributed by atoms with Crippen LogP contribution in [0.1, 0.15) is 117 Å². The number of carbonyl (C=O) groups excluding carboxylic acids is 3. The number of aromatic nitrogens is 4. The summed E-state index contributed by atoms with van der Waals surface area (Å²) in [5.74, 6) is -2.82. The first kappa shape index (κ1) is 53.1. The fraction of sp³-hybridized carbons (Fsp3) is 0.547. The molecule has 78 heavy (non-hydrogen) atoms. The number of aliphatic hydroxyl groups is 5. The summed E-state index contributed by atoms with van der Waals surface area (Å²) in [4.78, 5) is 39.2. The lowest BCUT2D eigenvalue weighted by atomic mass is 9.46. The predicted octanol–water partition coefficient (Wildman–Crippen LogP) is 8.37. The van der Waals surface area contributed by atoms with Gasteiger partial charge in [-0.2, -0.15) is 10.2 Å². The number of nitrogens with zero attached hydrogens (tertiary/aromatic N) is 4. The van der Waals surface area contributed by atoms with Crippen LogP contribution >= 0.6 is 0 Å². The summed E-state index contributed by atoms with van der Waals surface area (Å²) in [6.07, 6.45) is 13.4. The van der Waals surface area contributed by atoms with Crippen molar-refractivity contribution >= 4 is 29.7 Å². The minimum atomic E-state index is -1.74. The third kappa shape index (κ3) is 7.24. The first-order valence-electron chi connectivity index (χ1n) is 28.3. The molecular weight excluding hydrogens is 985 g/mol. The van der Waals surface area contributed by atoms with Crippen molar-refractivity contribution in [2.45, 2.75) is 137 Å². The molecule has 0 spiro atoms. The van der Waals surface area contributed by atoms with Gasteiger partial charge in [0, 0.05) is 40.4 Å². The molecule has 2 aromatic carbocycles. The van der Waals surface area contributed by atoms with Crippen LogP contribution in [0.4, 0.5) is 0 Å². The highest BCUT2D eigenvalue weighted by molar-refractivity contribution is 5.92. The van der Waals surface area contributed by atoms with Crippen molar-refractivity contribution in [2.75, 3.05) is 13.2 Å². The van der Waals surface area contributed by atoms with Crippen LogP contribution in [0.2, 0.25) is 0 Å². The van der Waals surface area contributed by atoms with E-state index in [4.69, 9.17) is 19.7 Å². The monoisotopic (exact) mass is 1060 g/mol. The number of esters is 1. The number of ether oxygens (including phenoxy) is 2. The summed E-state index contributed by atoms with van der Waals surface area (Å²) in [5, 5.41) is 69.1. The van der Waals surface area contributed by atoms with Gasteiger partial charge in [0.15, 0.2) is 18.7 Å². The van der Waals surface area contributed by atoms with Gasteiger partial charge >= 0.3 is 5.97 Å². The molecule has 2 heterocycles. The standard InChI is InChI=1S/C64H76N4O10/c1-33-17-45-49-19-35(3)63(75,55(73)31-77-37(5)69)61(49,9)27-53(71)57(45)59(7)25-41-29-65-67(51(41)23-47(33)59)43-15-11-13-39(21-43)40-14-12-16-44(22-40)68-52-24-48-34(2)18-46-50-20-36(4)64(76,56(74)32-78-38(6)70)62(50,10)28-54(72)58(46)60(48,8)26-42(52)30-66-68/h11-18,21-24,29-30,35-37,45-46,49-50,53-54,57-58,69,71-72,75-76H,19-20,25-28,31-32H2,1-10H3. The van der Waals surface area contributed by atoms with E-state index in [0.717, 1.165) is 61.7 Å². The van der Waals surface area contributed by atoms with E-state index in [-0.39, 0.29) is 60.2 Å². The Labute approximate surface area is 456 Å². The van der Waals surface area contributed by atoms with Gasteiger partial charge in [-0.1, -0.05) is 89.1 Å². The van der Waals surface area contributed by atoms with Crippen molar-refractivity contribution in [3.63, 3.8) is 0 Å². The summed E-state index contributed by atoms with van der Waals surface area (Å²) < 4.78 is 14.5. The maximum Gasteiger partial charge on any atom is 0.303 e. The van der Waals surface area contributed by atoms with E-state index >= 15 is 0 Å². The molecule has 0 saturated heterocycles. The van der Waals surface area contributed by atoms with Gasteiger partial charge in [-0.25, -0.2) is 9.36 Å². The normalized spacial score (nSPS) is 39.3. The summed E-state index contributed by atoms with van der Waals surface area (Å²) in [7, 11) is 0. The molecule has 4 saturated carbocycles. The highest BCUT2D eigenvalue weighted by Crippen LogP contribution is 2.70. The van der Waals surface area contributed by atoms with Gasteiger partial charge in [-0.3, -0.25) is 14.4 Å². The molecule has 0 bridgehead atoms. The Balaban J connectivity index is 0.821. The Hall–Kier alpha value is -5.61. The summed E-state index contributed by atoms with van der Waals surface area (Å²) >= 11 is 0.